The van der Waals surface area contributed by atoms with Crippen LogP contribution in [0, 0.1) is 0 Å². The van der Waals surface area contributed by atoms with Crippen molar-refractivity contribution in [3.05, 3.63) is 59.2 Å². The van der Waals surface area contributed by atoms with Crippen LogP contribution in [0.3, 0.4) is 0 Å². The van der Waals surface area contributed by atoms with Crippen LogP contribution >= 0.6 is 0 Å². The third kappa shape index (κ3) is 4.18. The van der Waals surface area contributed by atoms with Crippen molar-refractivity contribution in [3.8, 4) is 11.5 Å². The van der Waals surface area contributed by atoms with Gasteiger partial charge in [0.2, 0.25) is 0 Å². The van der Waals surface area contributed by atoms with E-state index >= 15 is 0 Å². The number of ether oxygens (including phenoxy) is 2. The van der Waals surface area contributed by atoms with E-state index in [9.17, 15) is 4.79 Å². The predicted octanol–water partition coefficient (Wildman–Crippen LogP) is 4.22. The molecule has 1 aliphatic rings. The lowest BCUT2D eigenvalue weighted by Crippen LogP contribution is -2.39. The molecule has 2 aromatic rings. The average molecular weight is 353 g/mol. The fraction of sp³-hybridized carbons (Fsp3) is 0.409. The van der Waals surface area contributed by atoms with E-state index in [4.69, 9.17) is 9.47 Å². The standard InChI is InChI=1S/C22H27NO3/c1-4-21(26-20-10-6-9-19(14-20)25-3)22(24)23-15(2)17-12-11-16-7-5-8-18(16)13-17/h6,9-15,21H,4-5,7-8H2,1-3H3,(H,23,24)/t15-,21+/m0/s1. The second-order valence-electron chi connectivity index (χ2n) is 6.81. The molecule has 26 heavy (non-hydrogen) atoms. The van der Waals surface area contributed by atoms with Crippen LogP contribution in [0.2, 0.25) is 0 Å². The highest BCUT2D eigenvalue weighted by Crippen LogP contribution is 2.26. The van der Waals surface area contributed by atoms with Gasteiger partial charge in [0.1, 0.15) is 11.5 Å². The van der Waals surface area contributed by atoms with Gasteiger partial charge in [0.15, 0.2) is 6.10 Å². The minimum atomic E-state index is -0.529. The van der Waals surface area contributed by atoms with Crippen molar-refractivity contribution in [2.45, 2.75) is 51.7 Å². The molecule has 0 aromatic heterocycles. The summed E-state index contributed by atoms with van der Waals surface area (Å²) in [7, 11) is 1.61. The predicted molar refractivity (Wildman–Crippen MR) is 103 cm³/mol. The van der Waals surface area contributed by atoms with Gasteiger partial charge in [0.05, 0.1) is 13.2 Å². The Bertz CT molecular complexity index is 772. The van der Waals surface area contributed by atoms with Crippen molar-refractivity contribution in [1.29, 1.82) is 0 Å². The Kier molecular flexibility index (Phi) is 5.82. The molecule has 0 saturated carbocycles. The highest BCUT2D eigenvalue weighted by Gasteiger charge is 2.21. The fourth-order valence-corrected chi connectivity index (χ4v) is 3.41. The Morgan fingerprint density at radius 1 is 1.12 bits per heavy atom. The zero-order valence-electron chi connectivity index (χ0n) is 15.7. The molecule has 0 bridgehead atoms. The summed E-state index contributed by atoms with van der Waals surface area (Å²) in [5.74, 6) is 1.25. The van der Waals surface area contributed by atoms with Crippen molar-refractivity contribution < 1.29 is 14.3 Å². The van der Waals surface area contributed by atoms with Gasteiger partial charge in [-0.2, -0.15) is 0 Å². The molecule has 2 atom stereocenters. The number of amides is 1. The van der Waals surface area contributed by atoms with E-state index in [-0.39, 0.29) is 11.9 Å². The summed E-state index contributed by atoms with van der Waals surface area (Å²) in [4.78, 5) is 12.7. The fourth-order valence-electron chi connectivity index (χ4n) is 3.41. The van der Waals surface area contributed by atoms with Crippen molar-refractivity contribution in [3.63, 3.8) is 0 Å². The number of methoxy groups -OCH3 is 1. The number of benzene rings is 2. The van der Waals surface area contributed by atoms with Crippen molar-refractivity contribution in [2.24, 2.45) is 0 Å². The van der Waals surface area contributed by atoms with Gasteiger partial charge in [-0.1, -0.05) is 31.2 Å². The summed E-state index contributed by atoms with van der Waals surface area (Å²) in [6.45, 7) is 3.97. The van der Waals surface area contributed by atoms with Crippen LogP contribution < -0.4 is 14.8 Å². The van der Waals surface area contributed by atoms with Gasteiger partial charge in [0.25, 0.3) is 5.91 Å². The van der Waals surface area contributed by atoms with Gasteiger partial charge in [-0.25, -0.2) is 0 Å². The van der Waals surface area contributed by atoms with Crippen LogP contribution in [-0.2, 0) is 17.6 Å². The quantitative estimate of drug-likeness (QED) is 0.811. The third-order valence-electron chi connectivity index (χ3n) is 4.96. The summed E-state index contributed by atoms with van der Waals surface area (Å²) in [6, 6.07) is 13.8. The second-order valence-corrected chi connectivity index (χ2v) is 6.81. The van der Waals surface area contributed by atoms with Crippen LogP contribution in [0.5, 0.6) is 11.5 Å². The Hall–Kier alpha value is -2.49. The number of aryl methyl sites for hydroxylation is 2. The summed E-state index contributed by atoms with van der Waals surface area (Å²) >= 11 is 0. The van der Waals surface area contributed by atoms with E-state index in [0.717, 1.165) is 12.0 Å². The molecule has 1 N–H and O–H groups in total. The number of hydrogen-bond donors (Lipinski definition) is 1. The number of rotatable bonds is 7. The smallest absolute Gasteiger partial charge is 0.261 e. The molecule has 2 aromatic carbocycles. The first-order valence-corrected chi connectivity index (χ1v) is 9.33. The van der Waals surface area contributed by atoms with Crippen LogP contribution in [0.25, 0.3) is 0 Å². The monoisotopic (exact) mass is 353 g/mol. The van der Waals surface area contributed by atoms with E-state index in [1.165, 1.54) is 24.0 Å². The molecule has 3 rings (SSSR count). The second kappa shape index (κ2) is 8.26. The van der Waals surface area contributed by atoms with Crippen molar-refractivity contribution >= 4 is 5.91 Å². The highest BCUT2D eigenvalue weighted by molar-refractivity contribution is 5.81. The lowest BCUT2D eigenvalue weighted by atomic mass is 10.0. The molecule has 0 heterocycles. The molecular formula is C22H27NO3. The molecule has 0 unspecified atom stereocenters. The minimum absolute atomic E-state index is 0.0450. The van der Waals surface area contributed by atoms with Gasteiger partial charge in [0, 0.05) is 6.07 Å². The summed E-state index contributed by atoms with van der Waals surface area (Å²) < 4.78 is 11.1. The Labute approximate surface area is 155 Å². The van der Waals surface area contributed by atoms with Crippen LogP contribution in [0.15, 0.2) is 42.5 Å². The third-order valence-corrected chi connectivity index (χ3v) is 4.96. The van der Waals surface area contributed by atoms with E-state index in [0.29, 0.717) is 17.9 Å². The number of nitrogens with one attached hydrogen (secondary N) is 1. The van der Waals surface area contributed by atoms with E-state index < -0.39 is 6.10 Å². The number of fused-ring (bicyclic) bond motifs is 1. The first-order valence-electron chi connectivity index (χ1n) is 9.33. The van der Waals surface area contributed by atoms with E-state index in [2.05, 4.69) is 23.5 Å². The topological polar surface area (TPSA) is 47.6 Å². The van der Waals surface area contributed by atoms with Gasteiger partial charge in [-0.05, 0) is 61.4 Å². The molecule has 4 heteroatoms. The molecule has 0 aliphatic heterocycles. The van der Waals surface area contributed by atoms with E-state index in [1.807, 2.05) is 32.0 Å². The first kappa shape index (κ1) is 18.3. The molecule has 0 spiro atoms. The number of carbonyl (C=O) groups is 1. The molecule has 138 valence electrons. The Balaban J connectivity index is 1.64. The maximum atomic E-state index is 12.7. The average Bonchev–Trinajstić information content (AvgIpc) is 3.13. The largest absolute Gasteiger partial charge is 0.497 e. The van der Waals surface area contributed by atoms with Gasteiger partial charge < -0.3 is 14.8 Å². The van der Waals surface area contributed by atoms with Gasteiger partial charge in [-0.15, -0.1) is 0 Å². The number of carbonyl (C=O) groups excluding carboxylic acids is 1. The van der Waals surface area contributed by atoms with Crippen molar-refractivity contribution in [1.82, 2.24) is 5.32 Å². The molecule has 1 aliphatic carbocycles. The molecule has 0 saturated heterocycles. The molecule has 4 nitrogen and oxygen atoms in total. The Morgan fingerprint density at radius 3 is 2.65 bits per heavy atom. The normalized spacial score (nSPS) is 15.0. The van der Waals surface area contributed by atoms with Gasteiger partial charge in [-0.3, -0.25) is 4.79 Å². The molecule has 0 radical (unpaired) electrons. The zero-order valence-corrected chi connectivity index (χ0v) is 15.7. The maximum absolute atomic E-state index is 12.7. The van der Waals surface area contributed by atoms with Crippen LogP contribution in [0.4, 0.5) is 0 Å². The lowest BCUT2D eigenvalue weighted by Gasteiger charge is -2.21. The number of hydrogen-bond acceptors (Lipinski definition) is 3. The summed E-state index contributed by atoms with van der Waals surface area (Å²) in [5.41, 5.74) is 4.01. The van der Waals surface area contributed by atoms with Crippen molar-refractivity contribution in [2.75, 3.05) is 7.11 Å². The first-order chi connectivity index (χ1) is 12.6. The lowest BCUT2D eigenvalue weighted by molar-refractivity contribution is -0.128. The van der Waals surface area contributed by atoms with Crippen LogP contribution in [-0.4, -0.2) is 19.1 Å². The summed E-state index contributed by atoms with van der Waals surface area (Å²) in [6.07, 6.45) is 3.60. The van der Waals surface area contributed by atoms with Crippen LogP contribution in [0.1, 0.15) is 49.4 Å². The maximum Gasteiger partial charge on any atom is 0.261 e. The zero-order chi connectivity index (χ0) is 18.5. The SMILES string of the molecule is CC[C@@H](Oc1cccc(OC)c1)C(=O)N[C@@H](C)c1ccc2c(c1)CCC2. The highest BCUT2D eigenvalue weighted by atomic mass is 16.5. The van der Waals surface area contributed by atoms with Gasteiger partial charge >= 0.3 is 0 Å². The minimum Gasteiger partial charge on any atom is -0.497 e. The summed E-state index contributed by atoms with van der Waals surface area (Å²) in [5, 5.41) is 3.09. The van der Waals surface area contributed by atoms with E-state index in [1.54, 1.807) is 13.2 Å². The molecule has 1 amide bonds. The molecule has 0 fully saturated rings. The molecular weight excluding hydrogens is 326 g/mol. The Morgan fingerprint density at radius 2 is 1.88 bits per heavy atom.